The second-order valence-corrected chi connectivity index (χ2v) is 9.83. The average Bonchev–Trinajstić information content (AvgIpc) is 3.55. The first-order chi connectivity index (χ1) is 16.8. The summed E-state index contributed by atoms with van der Waals surface area (Å²) in [7, 11) is 1.65. The van der Waals surface area contributed by atoms with E-state index in [4.69, 9.17) is 9.97 Å². The van der Waals surface area contributed by atoms with E-state index in [2.05, 4.69) is 34.0 Å². The number of aromatic nitrogens is 5. The standard InChI is InChI=1S/C21H26F3N9OS/c1-3-4-13-9-14-16(31-7-8-33-15(11-31)28-30-19(33)21(22,23)24)26-20(27-18(14)35-13)32-6-5-12(10-32)17(34)29-25-2/h9,12,25H,3-8,10-11H2,1-2H3,(H,29,34)/t12-/m0/s1. The first-order valence-corrected chi connectivity index (χ1v) is 12.4. The highest BCUT2D eigenvalue weighted by atomic mass is 32.1. The Morgan fingerprint density at radius 2 is 2.03 bits per heavy atom. The molecule has 5 rings (SSSR count). The van der Waals surface area contributed by atoms with E-state index in [-0.39, 0.29) is 30.7 Å². The minimum Gasteiger partial charge on any atom is -0.347 e. The molecule has 1 fully saturated rings. The van der Waals surface area contributed by atoms with Crippen LogP contribution in [0.1, 0.15) is 36.3 Å². The molecule has 1 saturated heterocycles. The zero-order valence-electron chi connectivity index (χ0n) is 19.4. The zero-order chi connectivity index (χ0) is 24.7. The van der Waals surface area contributed by atoms with Gasteiger partial charge >= 0.3 is 6.18 Å². The van der Waals surface area contributed by atoms with Crippen LogP contribution in [-0.4, -0.2) is 57.3 Å². The van der Waals surface area contributed by atoms with E-state index < -0.39 is 12.0 Å². The van der Waals surface area contributed by atoms with Gasteiger partial charge in [-0.05, 0) is 18.9 Å². The molecule has 14 heteroatoms. The summed E-state index contributed by atoms with van der Waals surface area (Å²) in [5.74, 6) is 0.233. The predicted octanol–water partition coefficient (Wildman–Crippen LogP) is 2.35. The maximum atomic E-state index is 13.3. The maximum absolute atomic E-state index is 13.3. The Bertz CT molecular complexity index is 1240. The number of anilines is 2. The smallest absolute Gasteiger partial charge is 0.347 e. The van der Waals surface area contributed by atoms with Gasteiger partial charge in [0.25, 0.3) is 0 Å². The first kappa shape index (κ1) is 23.7. The fourth-order valence-electron chi connectivity index (χ4n) is 4.63. The normalized spacial score (nSPS) is 18.4. The van der Waals surface area contributed by atoms with Crippen molar-refractivity contribution in [1.82, 2.24) is 35.6 Å². The Kier molecular flexibility index (Phi) is 6.25. The molecule has 1 atom stereocenters. The molecular formula is C21H26F3N9OS. The van der Waals surface area contributed by atoms with Gasteiger partial charge in [-0.3, -0.25) is 10.2 Å². The number of fused-ring (bicyclic) bond motifs is 2. The van der Waals surface area contributed by atoms with E-state index in [0.29, 0.717) is 37.8 Å². The van der Waals surface area contributed by atoms with Gasteiger partial charge < -0.3 is 14.4 Å². The molecule has 0 unspecified atom stereocenters. The van der Waals surface area contributed by atoms with Crippen molar-refractivity contribution in [3.05, 3.63) is 22.6 Å². The number of halogens is 3. The van der Waals surface area contributed by atoms with Crippen LogP contribution in [0.4, 0.5) is 24.9 Å². The van der Waals surface area contributed by atoms with Crippen LogP contribution in [0.15, 0.2) is 6.07 Å². The van der Waals surface area contributed by atoms with Gasteiger partial charge in [0, 0.05) is 38.1 Å². The highest BCUT2D eigenvalue weighted by molar-refractivity contribution is 7.18. The summed E-state index contributed by atoms with van der Waals surface area (Å²) in [6, 6.07) is 2.08. The van der Waals surface area contributed by atoms with E-state index in [1.54, 1.807) is 18.4 Å². The Morgan fingerprint density at radius 3 is 2.77 bits per heavy atom. The molecule has 10 nitrogen and oxygen atoms in total. The third kappa shape index (κ3) is 4.51. The number of nitrogens with zero attached hydrogens (tertiary/aromatic N) is 7. The number of carbonyl (C=O) groups excluding carboxylic acids is 1. The number of nitrogens with one attached hydrogen (secondary N) is 2. The second-order valence-electron chi connectivity index (χ2n) is 8.71. The van der Waals surface area contributed by atoms with Gasteiger partial charge in [0.2, 0.25) is 17.7 Å². The molecule has 0 aliphatic carbocycles. The number of thiophene rings is 1. The van der Waals surface area contributed by atoms with Crippen molar-refractivity contribution >= 4 is 39.2 Å². The molecular weight excluding hydrogens is 483 g/mol. The Morgan fingerprint density at radius 1 is 1.20 bits per heavy atom. The van der Waals surface area contributed by atoms with Crippen molar-refractivity contribution in [2.75, 3.05) is 36.5 Å². The Labute approximate surface area is 203 Å². The van der Waals surface area contributed by atoms with Crippen molar-refractivity contribution in [1.29, 1.82) is 0 Å². The van der Waals surface area contributed by atoms with Crippen LogP contribution < -0.4 is 20.7 Å². The third-order valence-corrected chi connectivity index (χ3v) is 7.39. The van der Waals surface area contributed by atoms with Crippen LogP contribution in [0.25, 0.3) is 10.2 Å². The molecule has 5 heterocycles. The van der Waals surface area contributed by atoms with E-state index in [9.17, 15) is 18.0 Å². The zero-order valence-corrected chi connectivity index (χ0v) is 20.2. The van der Waals surface area contributed by atoms with Crippen LogP contribution in [-0.2, 0) is 30.5 Å². The lowest BCUT2D eigenvalue weighted by Gasteiger charge is -2.30. The van der Waals surface area contributed by atoms with E-state index in [1.165, 1.54) is 4.88 Å². The van der Waals surface area contributed by atoms with Gasteiger partial charge in [-0.25, -0.2) is 10.4 Å². The lowest BCUT2D eigenvalue weighted by atomic mass is 10.1. The second kappa shape index (κ2) is 9.22. The number of alkyl halides is 3. The van der Waals surface area contributed by atoms with Gasteiger partial charge in [-0.2, -0.15) is 18.2 Å². The molecule has 35 heavy (non-hydrogen) atoms. The SMILES string of the molecule is CCCc1cc2c(N3CCn4c(nnc4C(F)(F)F)C3)nc(N3CC[C@H](C(=O)NNC)C3)nc2s1. The minimum atomic E-state index is -4.54. The quantitative estimate of drug-likeness (QED) is 0.488. The monoisotopic (exact) mass is 509 g/mol. The summed E-state index contributed by atoms with van der Waals surface area (Å²) in [6.07, 6.45) is -1.96. The summed E-state index contributed by atoms with van der Waals surface area (Å²) in [5.41, 5.74) is 5.31. The number of hydrogen-bond acceptors (Lipinski definition) is 9. The lowest BCUT2D eigenvalue weighted by Crippen LogP contribution is -2.40. The van der Waals surface area contributed by atoms with Crippen LogP contribution >= 0.6 is 11.3 Å². The fraction of sp³-hybridized carbons (Fsp3) is 0.571. The Hall–Kier alpha value is -3.00. The predicted molar refractivity (Wildman–Crippen MR) is 125 cm³/mol. The van der Waals surface area contributed by atoms with Crippen LogP contribution in [0, 0.1) is 5.92 Å². The number of hydrazine groups is 1. The molecule has 0 saturated carbocycles. The number of aryl methyl sites for hydroxylation is 1. The summed E-state index contributed by atoms with van der Waals surface area (Å²) in [5, 5.41) is 8.08. The fourth-order valence-corrected chi connectivity index (χ4v) is 5.75. The van der Waals surface area contributed by atoms with Crippen LogP contribution in [0.5, 0.6) is 0 Å². The van der Waals surface area contributed by atoms with Gasteiger partial charge in [-0.1, -0.05) is 13.3 Å². The highest BCUT2D eigenvalue weighted by Crippen LogP contribution is 2.36. The van der Waals surface area contributed by atoms with Gasteiger partial charge in [0.05, 0.1) is 17.8 Å². The topological polar surface area (TPSA) is 104 Å². The molecule has 2 aliphatic heterocycles. The third-order valence-electron chi connectivity index (χ3n) is 6.30. The summed E-state index contributed by atoms with van der Waals surface area (Å²) < 4.78 is 41.0. The molecule has 2 N–H and O–H groups in total. The summed E-state index contributed by atoms with van der Waals surface area (Å²) >= 11 is 1.61. The van der Waals surface area contributed by atoms with Crippen LogP contribution in [0.3, 0.4) is 0 Å². The molecule has 1 amide bonds. The lowest BCUT2D eigenvalue weighted by molar-refractivity contribution is -0.147. The van der Waals surface area contributed by atoms with Crippen molar-refractivity contribution in [3.8, 4) is 0 Å². The first-order valence-electron chi connectivity index (χ1n) is 11.5. The van der Waals surface area contributed by atoms with E-state index in [1.807, 2.05) is 9.80 Å². The van der Waals surface area contributed by atoms with Gasteiger partial charge in [0.1, 0.15) is 10.6 Å². The molecule has 2 aliphatic rings. The number of carbonyl (C=O) groups is 1. The molecule has 0 bridgehead atoms. The highest BCUT2D eigenvalue weighted by Gasteiger charge is 2.40. The number of rotatable bonds is 6. The average molecular weight is 510 g/mol. The van der Waals surface area contributed by atoms with Crippen molar-refractivity contribution in [3.63, 3.8) is 0 Å². The van der Waals surface area contributed by atoms with Crippen molar-refractivity contribution in [2.45, 2.75) is 45.5 Å². The summed E-state index contributed by atoms with van der Waals surface area (Å²) in [6.45, 7) is 3.86. The largest absolute Gasteiger partial charge is 0.451 e. The van der Waals surface area contributed by atoms with E-state index in [0.717, 1.165) is 27.6 Å². The number of amides is 1. The maximum Gasteiger partial charge on any atom is 0.451 e. The molecule has 0 aromatic carbocycles. The molecule has 0 spiro atoms. The van der Waals surface area contributed by atoms with Gasteiger partial charge in [0.15, 0.2) is 5.82 Å². The molecule has 3 aromatic heterocycles. The molecule has 188 valence electrons. The van der Waals surface area contributed by atoms with Crippen LogP contribution in [0.2, 0.25) is 0 Å². The molecule has 0 radical (unpaired) electrons. The van der Waals surface area contributed by atoms with Crippen molar-refractivity contribution < 1.29 is 18.0 Å². The number of hydrogen-bond donors (Lipinski definition) is 2. The minimum absolute atomic E-state index is 0.0755. The summed E-state index contributed by atoms with van der Waals surface area (Å²) in [4.78, 5) is 27.9. The van der Waals surface area contributed by atoms with Crippen molar-refractivity contribution in [2.24, 2.45) is 5.92 Å². The van der Waals surface area contributed by atoms with Gasteiger partial charge in [-0.15, -0.1) is 21.5 Å². The van der Waals surface area contributed by atoms with E-state index >= 15 is 0 Å². The molecule has 3 aromatic rings. The Balaban J connectivity index is 1.49.